The minimum Gasteiger partial charge on any atom is -0.496 e. The quantitative estimate of drug-likeness (QED) is 0.859. The number of nitrogens with zero attached hydrogens (tertiary/aromatic N) is 1. The third-order valence-electron chi connectivity index (χ3n) is 3.35. The highest BCUT2D eigenvalue weighted by Gasteiger charge is 2.24. The summed E-state index contributed by atoms with van der Waals surface area (Å²) < 4.78 is 5.44. The van der Waals surface area contributed by atoms with Crippen LogP contribution in [0.25, 0.3) is 0 Å². The monoisotopic (exact) mass is 268 g/mol. The van der Waals surface area contributed by atoms with E-state index in [9.17, 15) is 0 Å². The summed E-state index contributed by atoms with van der Waals surface area (Å²) in [7, 11) is 5.87. The second-order valence-electron chi connectivity index (χ2n) is 5.05. The van der Waals surface area contributed by atoms with E-state index in [4.69, 9.17) is 16.3 Å². The molecule has 1 atom stereocenters. The van der Waals surface area contributed by atoms with E-state index in [1.165, 1.54) is 12.8 Å². The third-order valence-corrected chi connectivity index (χ3v) is 3.59. The highest BCUT2D eigenvalue weighted by Crippen LogP contribution is 2.31. The van der Waals surface area contributed by atoms with Crippen LogP contribution in [0, 0.1) is 0 Å². The fraction of sp³-hybridized carbons (Fsp3) is 0.571. The first-order valence-corrected chi connectivity index (χ1v) is 6.73. The van der Waals surface area contributed by atoms with Gasteiger partial charge in [0.2, 0.25) is 0 Å². The smallest absolute Gasteiger partial charge is 0.123 e. The first kappa shape index (κ1) is 13.7. The van der Waals surface area contributed by atoms with Crippen LogP contribution in [0.3, 0.4) is 0 Å². The van der Waals surface area contributed by atoms with Crippen LogP contribution in [0.1, 0.15) is 24.4 Å². The van der Waals surface area contributed by atoms with Crippen molar-refractivity contribution < 1.29 is 4.74 Å². The number of benzene rings is 1. The van der Waals surface area contributed by atoms with Crippen LogP contribution in [0.2, 0.25) is 5.02 Å². The van der Waals surface area contributed by atoms with Crippen molar-refractivity contribution in [2.24, 2.45) is 0 Å². The highest BCUT2D eigenvalue weighted by atomic mass is 35.5. The predicted molar refractivity (Wildman–Crippen MR) is 75.5 cm³/mol. The lowest BCUT2D eigenvalue weighted by molar-refractivity contribution is 0.279. The van der Waals surface area contributed by atoms with Crippen LogP contribution in [0.5, 0.6) is 5.75 Å². The molecule has 0 aromatic heterocycles. The third kappa shape index (κ3) is 3.37. The molecule has 0 spiro atoms. The molecule has 0 heterocycles. The number of nitrogens with one attached hydrogen (secondary N) is 1. The van der Waals surface area contributed by atoms with Gasteiger partial charge < -0.3 is 15.0 Å². The first-order valence-electron chi connectivity index (χ1n) is 6.35. The Hall–Kier alpha value is -0.770. The maximum Gasteiger partial charge on any atom is 0.123 e. The van der Waals surface area contributed by atoms with Crippen molar-refractivity contribution >= 4 is 11.6 Å². The Labute approximate surface area is 114 Å². The maximum absolute atomic E-state index is 6.10. The second kappa shape index (κ2) is 5.91. The number of rotatable bonds is 6. The van der Waals surface area contributed by atoms with E-state index in [0.717, 1.165) is 22.9 Å². The van der Waals surface area contributed by atoms with Gasteiger partial charge in [-0.3, -0.25) is 0 Å². The van der Waals surface area contributed by atoms with E-state index in [2.05, 4.69) is 24.3 Å². The van der Waals surface area contributed by atoms with Crippen LogP contribution in [-0.4, -0.2) is 38.7 Å². The van der Waals surface area contributed by atoms with Gasteiger partial charge in [-0.2, -0.15) is 0 Å². The molecule has 100 valence electrons. The normalized spacial score (nSPS) is 16.9. The molecular formula is C14H21ClN2O. The number of likely N-dealkylation sites (N-methyl/N-ethyl adjacent to an activating group) is 1. The molecule has 1 aromatic carbocycles. The van der Waals surface area contributed by atoms with Gasteiger partial charge in [0, 0.05) is 23.2 Å². The van der Waals surface area contributed by atoms with Gasteiger partial charge in [-0.1, -0.05) is 11.6 Å². The maximum atomic E-state index is 6.10. The molecule has 18 heavy (non-hydrogen) atoms. The lowest BCUT2D eigenvalue weighted by Crippen LogP contribution is -2.32. The van der Waals surface area contributed by atoms with E-state index < -0.39 is 0 Å². The molecule has 0 saturated heterocycles. The molecule has 1 unspecified atom stereocenters. The zero-order valence-electron chi connectivity index (χ0n) is 11.2. The van der Waals surface area contributed by atoms with Gasteiger partial charge >= 0.3 is 0 Å². The second-order valence-corrected chi connectivity index (χ2v) is 5.48. The average molecular weight is 269 g/mol. The highest BCUT2D eigenvalue weighted by molar-refractivity contribution is 6.30. The number of ether oxygens (including phenoxy) is 1. The number of halogens is 1. The van der Waals surface area contributed by atoms with Crippen LogP contribution in [0.4, 0.5) is 0 Å². The zero-order chi connectivity index (χ0) is 13.1. The molecule has 2 rings (SSSR count). The topological polar surface area (TPSA) is 24.5 Å². The average Bonchev–Trinajstić information content (AvgIpc) is 3.13. The first-order chi connectivity index (χ1) is 8.61. The Kier molecular flexibility index (Phi) is 4.49. The van der Waals surface area contributed by atoms with E-state index in [1.54, 1.807) is 7.11 Å². The molecule has 1 aliphatic carbocycles. The van der Waals surface area contributed by atoms with Crippen LogP contribution < -0.4 is 10.1 Å². The SMILES string of the molecule is COc1ccc(Cl)cc1C(CNC1CC1)N(C)C. The number of methoxy groups -OCH3 is 1. The molecule has 0 aliphatic heterocycles. The Balaban J connectivity index is 2.19. The van der Waals surface area contributed by atoms with Crippen molar-refractivity contribution in [2.45, 2.75) is 24.9 Å². The van der Waals surface area contributed by atoms with Gasteiger partial charge in [0.05, 0.1) is 13.2 Å². The minimum atomic E-state index is 0.277. The lowest BCUT2D eigenvalue weighted by atomic mass is 10.0. The molecule has 1 aromatic rings. The van der Waals surface area contributed by atoms with Gasteiger partial charge in [-0.05, 0) is 45.1 Å². The Bertz CT molecular complexity index is 405. The Morgan fingerprint density at radius 2 is 2.17 bits per heavy atom. The minimum absolute atomic E-state index is 0.277. The van der Waals surface area contributed by atoms with Gasteiger partial charge in [0.15, 0.2) is 0 Å². The predicted octanol–water partition coefficient (Wildman–Crippen LogP) is 2.70. The summed E-state index contributed by atoms with van der Waals surface area (Å²) in [5.41, 5.74) is 1.14. The van der Waals surface area contributed by atoms with Crippen LogP contribution >= 0.6 is 11.6 Å². The summed E-state index contributed by atoms with van der Waals surface area (Å²) in [6.07, 6.45) is 2.60. The number of hydrogen-bond acceptors (Lipinski definition) is 3. The van der Waals surface area contributed by atoms with Gasteiger partial charge in [0.1, 0.15) is 5.75 Å². The van der Waals surface area contributed by atoms with Gasteiger partial charge in [0.25, 0.3) is 0 Å². The van der Waals surface area contributed by atoms with Crippen molar-refractivity contribution in [1.29, 1.82) is 0 Å². The molecule has 1 aliphatic rings. The fourth-order valence-corrected chi connectivity index (χ4v) is 2.28. The molecule has 0 radical (unpaired) electrons. The van der Waals surface area contributed by atoms with Crippen molar-refractivity contribution in [3.63, 3.8) is 0 Å². The van der Waals surface area contributed by atoms with E-state index in [1.807, 2.05) is 18.2 Å². The van der Waals surface area contributed by atoms with E-state index in [-0.39, 0.29) is 6.04 Å². The van der Waals surface area contributed by atoms with Gasteiger partial charge in [-0.15, -0.1) is 0 Å². The molecule has 0 bridgehead atoms. The summed E-state index contributed by atoms with van der Waals surface area (Å²) in [4.78, 5) is 2.20. The van der Waals surface area contributed by atoms with Crippen molar-refractivity contribution in [1.82, 2.24) is 10.2 Å². The molecule has 1 N–H and O–H groups in total. The van der Waals surface area contributed by atoms with E-state index in [0.29, 0.717) is 6.04 Å². The van der Waals surface area contributed by atoms with Crippen LogP contribution in [0.15, 0.2) is 18.2 Å². The van der Waals surface area contributed by atoms with Crippen LogP contribution in [-0.2, 0) is 0 Å². The number of hydrogen-bond donors (Lipinski definition) is 1. The molecule has 4 heteroatoms. The standard InChI is InChI=1S/C14H21ClN2O/c1-17(2)13(9-16-11-5-6-11)12-8-10(15)4-7-14(12)18-3/h4,7-8,11,13,16H,5-6,9H2,1-3H3. The summed E-state index contributed by atoms with van der Waals surface area (Å²) in [5.74, 6) is 0.899. The molecule has 1 fully saturated rings. The molecule has 0 amide bonds. The van der Waals surface area contributed by atoms with Crippen molar-refractivity contribution in [2.75, 3.05) is 27.7 Å². The van der Waals surface area contributed by atoms with Crippen molar-refractivity contribution in [3.05, 3.63) is 28.8 Å². The lowest BCUT2D eigenvalue weighted by Gasteiger charge is -2.27. The Morgan fingerprint density at radius 1 is 1.44 bits per heavy atom. The van der Waals surface area contributed by atoms with Crippen molar-refractivity contribution in [3.8, 4) is 5.75 Å². The summed E-state index contributed by atoms with van der Waals surface area (Å²) in [6.45, 7) is 0.925. The molecular weight excluding hydrogens is 248 g/mol. The van der Waals surface area contributed by atoms with Gasteiger partial charge in [-0.25, -0.2) is 0 Å². The summed E-state index contributed by atoms with van der Waals surface area (Å²) in [6, 6.07) is 6.78. The Morgan fingerprint density at radius 3 is 2.72 bits per heavy atom. The summed E-state index contributed by atoms with van der Waals surface area (Å²) >= 11 is 6.10. The molecule has 1 saturated carbocycles. The zero-order valence-corrected chi connectivity index (χ0v) is 12.0. The largest absolute Gasteiger partial charge is 0.496 e. The molecule has 3 nitrogen and oxygen atoms in total. The van der Waals surface area contributed by atoms with E-state index >= 15 is 0 Å². The summed E-state index contributed by atoms with van der Waals surface area (Å²) in [5, 5.41) is 4.32. The fourth-order valence-electron chi connectivity index (χ4n) is 2.10.